The van der Waals surface area contributed by atoms with Gasteiger partial charge < -0.3 is 4.57 Å². The lowest BCUT2D eigenvalue weighted by molar-refractivity contribution is 0.883. The SMILES string of the molecule is C1=Cc2c(ccc3c4ccccc4n(-c4ccccc4)c23)Cc2c1c1ccccc1n2-c1nc(-c2ccccc2)nc(-c2ccccc2)n1. The monoisotopic (exact) mass is 627 g/mol. The van der Waals surface area contributed by atoms with Crippen molar-refractivity contribution in [3.05, 3.63) is 174 Å². The van der Waals surface area contributed by atoms with E-state index in [9.17, 15) is 0 Å². The lowest BCUT2D eigenvalue weighted by Crippen LogP contribution is -2.10. The van der Waals surface area contributed by atoms with Gasteiger partial charge in [-0.2, -0.15) is 9.97 Å². The Morgan fingerprint density at radius 1 is 0.429 bits per heavy atom. The van der Waals surface area contributed by atoms with E-state index in [0.717, 1.165) is 28.0 Å². The highest BCUT2D eigenvalue weighted by Gasteiger charge is 2.25. The molecule has 1 aliphatic rings. The van der Waals surface area contributed by atoms with Gasteiger partial charge in [0.25, 0.3) is 0 Å². The molecule has 0 saturated heterocycles. The minimum absolute atomic E-state index is 0.612. The fourth-order valence-electron chi connectivity index (χ4n) is 7.46. The van der Waals surface area contributed by atoms with Crippen molar-refractivity contribution in [3.8, 4) is 34.4 Å². The van der Waals surface area contributed by atoms with Gasteiger partial charge in [0.1, 0.15) is 0 Å². The molecule has 49 heavy (non-hydrogen) atoms. The zero-order chi connectivity index (χ0) is 32.3. The van der Waals surface area contributed by atoms with Gasteiger partial charge in [0.15, 0.2) is 11.6 Å². The second kappa shape index (κ2) is 11.0. The van der Waals surface area contributed by atoms with E-state index < -0.39 is 0 Å². The molecule has 0 fully saturated rings. The molecule has 0 bridgehead atoms. The van der Waals surface area contributed by atoms with Gasteiger partial charge in [0, 0.05) is 56.2 Å². The van der Waals surface area contributed by atoms with Crippen molar-refractivity contribution in [2.75, 3.05) is 0 Å². The van der Waals surface area contributed by atoms with Crippen LogP contribution in [0.4, 0.5) is 0 Å². The molecule has 5 nitrogen and oxygen atoms in total. The number of aromatic nitrogens is 5. The Morgan fingerprint density at radius 3 is 1.65 bits per heavy atom. The van der Waals surface area contributed by atoms with Crippen LogP contribution in [-0.4, -0.2) is 24.1 Å². The third-order valence-electron chi connectivity index (χ3n) is 9.66. The number of rotatable bonds is 4. The molecule has 6 aromatic carbocycles. The first-order chi connectivity index (χ1) is 24.3. The second-order valence-electron chi connectivity index (χ2n) is 12.5. The topological polar surface area (TPSA) is 48.5 Å². The van der Waals surface area contributed by atoms with Crippen LogP contribution in [0, 0.1) is 0 Å². The first kappa shape index (κ1) is 27.5. The molecule has 0 unspecified atom stereocenters. The largest absolute Gasteiger partial charge is 0.309 e. The second-order valence-corrected chi connectivity index (χ2v) is 12.5. The quantitative estimate of drug-likeness (QED) is 0.195. The zero-order valence-corrected chi connectivity index (χ0v) is 26.5. The normalized spacial score (nSPS) is 12.3. The predicted octanol–water partition coefficient (Wildman–Crippen LogP) is 10.3. The number of fused-ring (bicyclic) bond motifs is 8. The van der Waals surface area contributed by atoms with Crippen LogP contribution in [0.25, 0.3) is 79.3 Å². The predicted molar refractivity (Wildman–Crippen MR) is 200 cm³/mol. The average molecular weight is 628 g/mol. The van der Waals surface area contributed by atoms with Crippen molar-refractivity contribution < 1.29 is 0 Å². The smallest absolute Gasteiger partial charge is 0.238 e. The Labute approximate surface area is 283 Å². The van der Waals surface area contributed by atoms with E-state index in [1.54, 1.807) is 0 Å². The van der Waals surface area contributed by atoms with E-state index in [1.165, 1.54) is 43.9 Å². The Bertz CT molecular complexity index is 2660. The summed E-state index contributed by atoms with van der Waals surface area (Å²) in [6, 6.07) is 52.9. The number of para-hydroxylation sites is 3. The van der Waals surface area contributed by atoms with Gasteiger partial charge in [0.05, 0.1) is 16.6 Å². The van der Waals surface area contributed by atoms with E-state index >= 15 is 0 Å². The summed E-state index contributed by atoms with van der Waals surface area (Å²) in [5.41, 5.74) is 11.4. The first-order valence-corrected chi connectivity index (χ1v) is 16.6. The standard InChI is InChI=1S/C44H29N5/c1-4-14-29(15-5-1)42-45-43(30-16-6-2-7-17-30)47-44(46-42)49-39-23-13-10-20-34(39)36-27-26-33-31(28-40(36)49)24-25-37-35-21-11-12-22-38(35)48(41(33)37)32-18-8-3-9-19-32/h1-27H,28H2. The molecule has 0 N–H and O–H groups in total. The lowest BCUT2D eigenvalue weighted by Gasteiger charge is -2.15. The molecule has 0 amide bonds. The summed E-state index contributed by atoms with van der Waals surface area (Å²) in [4.78, 5) is 15.3. The van der Waals surface area contributed by atoms with E-state index in [4.69, 9.17) is 15.0 Å². The Hall–Kier alpha value is -6.59. The minimum atomic E-state index is 0.612. The third kappa shape index (κ3) is 4.36. The van der Waals surface area contributed by atoms with Gasteiger partial charge in [0.2, 0.25) is 5.95 Å². The van der Waals surface area contributed by atoms with Crippen LogP contribution in [0.1, 0.15) is 22.4 Å². The fraction of sp³-hybridized carbons (Fsp3) is 0.0227. The van der Waals surface area contributed by atoms with Gasteiger partial charge in [-0.05, 0) is 29.8 Å². The molecule has 0 aliphatic heterocycles. The first-order valence-electron chi connectivity index (χ1n) is 16.6. The van der Waals surface area contributed by atoms with E-state index in [2.05, 4.69) is 137 Å². The Morgan fingerprint density at radius 2 is 0.980 bits per heavy atom. The number of hydrogen-bond acceptors (Lipinski definition) is 3. The maximum atomic E-state index is 5.16. The van der Waals surface area contributed by atoms with Crippen molar-refractivity contribution in [2.45, 2.75) is 6.42 Å². The molecule has 3 heterocycles. The highest BCUT2D eigenvalue weighted by Crippen LogP contribution is 2.40. The van der Waals surface area contributed by atoms with Crippen molar-refractivity contribution in [2.24, 2.45) is 0 Å². The highest BCUT2D eigenvalue weighted by molar-refractivity contribution is 6.13. The van der Waals surface area contributed by atoms with Crippen molar-refractivity contribution in [1.29, 1.82) is 0 Å². The zero-order valence-electron chi connectivity index (χ0n) is 26.5. The van der Waals surface area contributed by atoms with E-state index in [1.807, 2.05) is 36.4 Å². The van der Waals surface area contributed by atoms with Gasteiger partial charge in [-0.1, -0.05) is 140 Å². The summed E-state index contributed by atoms with van der Waals surface area (Å²) >= 11 is 0. The summed E-state index contributed by atoms with van der Waals surface area (Å²) in [5.74, 6) is 1.91. The Kier molecular flexibility index (Phi) is 6.18. The minimum Gasteiger partial charge on any atom is -0.309 e. The van der Waals surface area contributed by atoms with Crippen molar-refractivity contribution >= 4 is 44.9 Å². The average Bonchev–Trinajstić information content (AvgIpc) is 3.59. The van der Waals surface area contributed by atoms with E-state index in [0.29, 0.717) is 24.0 Å². The lowest BCUT2D eigenvalue weighted by atomic mass is 10.00. The van der Waals surface area contributed by atoms with Gasteiger partial charge in [-0.15, -0.1) is 0 Å². The van der Waals surface area contributed by atoms with E-state index in [-0.39, 0.29) is 0 Å². The van der Waals surface area contributed by atoms with Crippen molar-refractivity contribution in [1.82, 2.24) is 24.1 Å². The number of nitrogens with zero attached hydrogens (tertiary/aromatic N) is 5. The molecular formula is C44H29N5. The molecule has 0 radical (unpaired) electrons. The van der Waals surface area contributed by atoms with Gasteiger partial charge in [-0.25, -0.2) is 4.98 Å². The van der Waals surface area contributed by atoms with Crippen LogP contribution >= 0.6 is 0 Å². The van der Waals surface area contributed by atoms with Crippen LogP contribution in [-0.2, 0) is 6.42 Å². The molecular weight excluding hydrogens is 599 g/mol. The summed E-state index contributed by atoms with van der Waals surface area (Å²) in [7, 11) is 0. The third-order valence-corrected chi connectivity index (χ3v) is 9.66. The maximum absolute atomic E-state index is 5.16. The molecule has 9 aromatic rings. The molecule has 3 aromatic heterocycles. The summed E-state index contributed by atoms with van der Waals surface area (Å²) < 4.78 is 4.67. The highest BCUT2D eigenvalue weighted by atomic mass is 15.2. The van der Waals surface area contributed by atoms with Crippen LogP contribution < -0.4 is 0 Å². The molecule has 230 valence electrons. The van der Waals surface area contributed by atoms with Gasteiger partial charge in [-0.3, -0.25) is 4.57 Å². The van der Waals surface area contributed by atoms with Crippen LogP contribution in [0.2, 0.25) is 0 Å². The fourth-order valence-corrected chi connectivity index (χ4v) is 7.46. The number of benzene rings is 6. The molecule has 0 atom stereocenters. The summed E-state index contributed by atoms with van der Waals surface area (Å²) in [5, 5.41) is 3.67. The Balaban J connectivity index is 1.24. The molecule has 0 spiro atoms. The molecule has 1 aliphatic carbocycles. The van der Waals surface area contributed by atoms with Crippen LogP contribution in [0.5, 0.6) is 0 Å². The number of hydrogen-bond donors (Lipinski definition) is 0. The molecule has 5 heteroatoms. The van der Waals surface area contributed by atoms with Gasteiger partial charge >= 0.3 is 0 Å². The van der Waals surface area contributed by atoms with Crippen LogP contribution in [0.3, 0.4) is 0 Å². The van der Waals surface area contributed by atoms with Crippen molar-refractivity contribution in [3.63, 3.8) is 0 Å². The molecule has 0 saturated carbocycles. The molecule has 10 rings (SSSR count). The van der Waals surface area contributed by atoms with Crippen LogP contribution in [0.15, 0.2) is 152 Å². The summed E-state index contributed by atoms with van der Waals surface area (Å²) in [6.45, 7) is 0. The maximum Gasteiger partial charge on any atom is 0.238 e. The summed E-state index contributed by atoms with van der Waals surface area (Å²) in [6.07, 6.45) is 5.33.